The fourth-order valence-electron chi connectivity index (χ4n) is 3.38. The number of nitrogens with zero attached hydrogens (tertiary/aromatic N) is 1. The number of hydrogen-bond donors (Lipinski definition) is 3. The first kappa shape index (κ1) is 22.1. The van der Waals surface area contributed by atoms with E-state index in [0.717, 1.165) is 31.6 Å². The normalized spacial score (nSPS) is 13.6. The molecule has 0 aliphatic carbocycles. The predicted octanol–water partition coefficient (Wildman–Crippen LogP) is 3.99. The lowest BCUT2D eigenvalue weighted by Crippen LogP contribution is -2.27. The molecule has 0 radical (unpaired) electrons. The maximum atomic E-state index is 12.9. The molecule has 0 bridgehead atoms. The third kappa shape index (κ3) is 5.97. The number of benzene rings is 2. The molecule has 1 fully saturated rings. The van der Waals surface area contributed by atoms with Crippen LogP contribution in [-0.2, 0) is 4.74 Å². The molecule has 0 spiro atoms. The quantitative estimate of drug-likeness (QED) is 0.672. The van der Waals surface area contributed by atoms with E-state index < -0.39 is 17.6 Å². The molecule has 0 unspecified atom stereocenters. The van der Waals surface area contributed by atoms with E-state index >= 15 is 0 Å². The zero-order valence-electron chi connectivity index (χ0n) is 18.0. The molecule has 0 saturated carbocycles. The van der Waals surface area contributed by atoms with Crippen LogP contribution in [-0.4, -0.2) is 36.6 Å². The highest BCUT2D eigenvalue weighted by molar-refractivity contribution is 6.07. The molecule has 31 heavy (non-hydrogen) atoms. The second-order valence-corrected chi connectivity index (χ2v) is 8.45. The molecule has 1 heterocycles. The Hall–Kier alpha value is -3.55. The summed E-state index contributed by atoms with van der Waals surface area (Å²) in [5.74, 6) is -0.929. The fraction of sp³-hybridized carbons (Fsp3) is 0.348. The van der Waals surface area contributed by atoms with Gasteiger partial charge in [-0.25, -0.2) is 4.79 Å². The van der Waals surface area contributed by atoms with Gasteiger partial charge in [0.25, 0.3) is 5.91 Å². The molecule has 164 valence electrons. The Morgan fingerprint density at radius 3 is 2.32 bits per heavy atom. The Kier molecular flexibility index (Phi) is 6.48. The van der Waals surface area contributed by atoms with Gasteiger partial charge in [0.1, 0.15) is 5.60 Å². The van der Waals surface area contributed by atoms with Gasteiger partial charge < -0.3 is 20.7 Å². The Labute approximate surface area is 181 Å². The molecule has 0 atom stereocenters. The average molecular weight is 425 g/mol. The number of carbonyl (C=O) groups is 3. The Morgan fingerprint density at radius 1 is 0.968 bits per heavy atom. The first-order valence-electron chi connectivity index (χ1n) is 10.2. The van der Waals surface area contributed by atoms with Crippen molar-refractivity contribution in [2.45, 2.75) is 39.2 Å². The molecule has 1 aliphatic rings. The third-order valence-corrected chi connectivity index (χ3v) is 4.75. The van der Waals surface area contributed by atoms with Crippen LogP contribution in [0.3, 0.4) is 0 Å². The lowest BCUT2D eigenvalue weighted by molar-refractivity contribution is 0.0635. The molecular formula is C23H28N4O4. The smallest absolute Gasteiger partial charge is 0.412 e. The number of rotatable bonds is 5. The van der Waals surface area contributed by atoms with Gasteiger partial charge in [0.15, 0.2) is 0 Å². The topological polar surface area (TPSA) is 114 Å². The van der Waals surface area contributed by atoms with Gasteiger partial charge in [-0.15, -0.1) is 0 Å². The third-order valence-electron chi connectivity index (χ3n) is 4.75. The second kappa shape index (κ2) is 9.07. The minimum atomic E-state index is -0.628. The Bertz CT molecular complexity index is 991. The molecule has 1 aliphatic heterocycles. The minimum absolute atomic E-state index is 0.318. The Balaban J connectivity index is 1.80. The van der Waals surface area contributed by atoms with Crippen molar-refractivity contribution in [1.29, 1.82) is 0 Å². The molecule has 1 saturated heterocycles. The number of primary amides is 1. The van der Waals surface area contributed by atoms with Crippen LogP contribution in [0.2, 0.25) is 0 Å². The van der Waals surface area contributed by atoms with Crippen LogP contribution in [0.25, 0.3) is 0 Å². The number of anilines is 3. The van der Waals surface area contributed by atoms with Gasteiger partial charge >= 0.3 is 6.09 Å². The van der Waals surface area contributed by atoms with Gasteiger partial charge in [-0.1, -0.05) is 6.07 Å². The summed E-state index contributed by atoms with van der Waals surface area (Å²) in [5.41, 5.74) is 7.27. The van der Waals surface area contributed by atoms with Gasteiger partial charge in [0.05, 0.1) is 11.4 Å². The van der Waals surface area contributed by atoms with Crippen molar-refractivity contribution < 1.29 is 19.1 Å². The standard InChI is InChI=1S/C23H28N4O4/c1-23(2,3)31-22(30)25-17-8-6-7-16(13-17)21(29)26-18-14-15(20(24)28)9-10-19(18)27-11-4-5-12-27/h6-10,13-14H,4-5,11-12H2,1-3H3,(H2,24,28)(H,25,30)(H,26,29). The van der Waals surface area contributed by atoms with Crippen LogP contribution >= 0.6 is 0 Å². The molecule has 4 N–H and O–H groups in total. The number of hydrogen-bond acceptors (Lipinski definition) is 5. The van der Waals surface area contributed by atoms with Crippen LogP contribution in [0, 0.1) is 0 Å². The predicted molar refractivity (Wildman–Crippen MR) is 121 cm³/mol. The van der Waals surface area contributed by atoms with Crippen LogP contribution in [0.1, 0.15) is 54.3 Å². The van der Waals surface area contributed by atoms with Gasteiger partial charge in [0.2, 0.25) is 5.91 Å². The molecule has 8 heteroatoms. The highest BCUT2D eigenvalue weighted by atomic mass is 16.6. The van der Waals surface area contributed by atoms with Crippen molar-refractivity contribution in [1.82, 2.24) is 0 Å². The summed E-state index contributed by atoms with van der Waals surface area (Å²) in [5, 5.41) is 5.51. The van der Waals surface area contributed by atoms with Crippen LogP contribution in [0.5, 0.6) is 0 Å². The SMILES string of the molecule is CC(C)(C)OC(=O)Nc1cccc(C(=O)Nc2cc(C(N)=O)ccc2N2CCCC2)c1. The van der Waals surface area contributed by atoms with Crippen molar-refractivity contribution in [3.63, 3.8) is 0 Å². The Morgan fingerprint density at radius 2 is 1.68 bits per heavy atom. The van der Waals surface area contributed by atoms with Crippen molar-refractivity contribution in [2.24, 2.45) is 5.73 Å². The van der Waals surface area contributed by atoms with Gasteiger partial charge in [-0.3, -0.25) is 14.9 Å². The average Bonchev–Trinajstić information content (AvgIpc) is 3.21. The molecular weight excluding hydrogens is 396 g/mol. The summed E-state index contributed by atoms with van der Waals surface area (Å²) >= 11 is 0. The lowest BCUT2D eigenvalue weighted by atomic mass is 10.1. The van der Waals surface area contributed by atoms with Crippen molar-refractivity contribution in [3.05, 3.63) is 53.6 Å². The van der Waals surface area contributed by atoms with Crippen molar-refractivity contribution in [2.75, 3.05) is 28.6 Å². The van der Waals surface area contributed by atoms with E-state index in [2.05, 4.69) is 15.5 Å². The van der Waals surface area contributed by atoms with Gasteiger partial charge in [0, 0.05) is 29.9 Å². The number of ether oxygens (including phenoxy) is 1. The summed E-state index contributed by atoms with van der Waals surface area (Å²) in [6.07, 6.45) is 1.54. The lowest BCUT2D eigenvalue weighted by Gasteiger charge is -2.22. The highest BCUT2D eigenvalue weighted by Gasteiger charge is 2.20. The molecule has 3 rings (SSSR count). The van der Waals surface area contributed by atoms with Crippen molar-refractivity contribution >= 4 is 35.0 Å². The maximum absolute atomic E-state index is 12.9. The molecule has 0 aromatic heterocycles. The maximum Gasteiger partial charge on any atom is 0.412 e. The monoisotopic (exact) mass is 424 g/mol. The number of nitrogens with one attached hydrogen (secondary N) is 2. The van der Waals surface area contributed by atoms with E-state index in [1.54, 1.807) is 57.2 Å². The fourth-order valence-corrected chi connectivity index (χ4v) is 3.38. The number of amides is 3. The minimum Gasteiger partial charge on any atom is -0.444 e. The van der Waals surface area contributed by atoms with Gasteiger partial charge in [-0.2, -0.15) is 0 Å². The first-order chi connectivity index (χ1) is 14.6. The van der Waals surface area contributed by atoms with E-state index in [1.165, 1.54) is 0 Å². The van der Waals surface area contributed by atoms with E-state index in [1.807, 2.05) is 6.07 Å². The zero-order valence-corrected chi connectivity index (χ0v) is 18.0. The van der Waals surface area contributed by atoms with Crippen LogP contribution < -0.4 is 21.3 Å². The summed E-state index contributed by atoms with van der Waals surface area (Å²) < 4.78 is 5.25. The van der Waals surface area contributed by atoms with E-state index in [-0.39, 0.29) is 5.91 Å². The van der Waals surface area contributed by atoms with E-state index in [4.69, 9.17) is 10.5 Å². The van der Waals surface area contributed by atoms with Crippen LogP contribution in [0.4, 0.5) is 21.9 Å². The number of carbonyl (C=O) groups excluding carboxylic acids is 3. The van der Waals surface area contributed by atoms with E-state index in [0.29, 0.717) is 22.5 Å². The number of nitrogens with two attached hydrogens (primary N) is 1. The summed E-state index contributed by atoms with van der Waals surface area (Å²) in [7, 11) is 0. The van der Waals surface area contributed by atoms with Crippen LogP contribution in [0.15, 0.2) is 42.5 Å². The molecule has 3 amide bonds. The molecule has 8 nitrogen and oxygen atoms in total. The van der Waals surface area contributed by atoms with E-state index in [9.17, 15) is 14.4 Å². The largest absolute Gasteiger partial charge is 0.444 e. The van der Waals surface area contributed by atoms with Gasteiger partial charge in [-0.05, 0) is 70.0 Å². The second-order valence-electron chi connectivity index (χ2n) is 8.45. The summed E-state index contributed by atoms with van der Waals surface area (Å²) in [6.45, 7) is 7.08. The first-order valence-corrected chi connectivity index (χ1v) is 10.2. The van der Waals surface area contributed by atoms with Crippen molar-refractivity contribution in [3.8, 4) is 0 Å². The highest BCUT2D eigenvalue weighted by Crippen LogP contribution is 2.30. The zero-order chi connectivity index (χ0) is 22.6. The summed E-state index contributed by atoms with van der Waals surface area (Å²) in [4.78, 5) is 38.7. The molecule has 2 aromatic rings. The summed E-state index contributed by atoms with van der Waals surface area (Å²) in [6, 6.07) is 11.6. The molecule has 2 aromatic carbocycles.